The van der Waals surface area contributed by atoms with Crippen molar-refractivity contribution in [1.29, 1.82) is 5.41 Å². The predicted molar refractivity (Wildman–Crippen MR) is 103 cm³/mol. The molecule has 0 saturated carbocycles. The van der Waals surface area contributed by atoms with Crippen LogP contribution in [0.4, 0.5) is 4.79 Å². The van der Waals surface area contributed by atoms with Gasteiger partial charge in [0.05, 0.1) is 18.4 Å². The number of rotatable bonds is 6. The van der Waals surface area contributed by atoms with Crippen LogP contribution in [0.2, 0.25) is 0 Å². The number of nitrogens with one attached hydrogen (secondary N) is 2. The summed E-state index contributed by atoms with van der Waals surface area (Å²) in [6.07, 6.45) is 3.82. The Hall–Kier alpha value is -2.92. The summed E-state index contributed by atoms with van der Waals surface area (Å²) in [4.78, 5) is 23.8. The predicted octanol–water partition coefficient (Wildman–Crippen LogP) is 1.08. The second-order valence-corrected chi connectivity index (χ2v) is 8.79. The summed E-state index contributed by atoms with van der Waals surface area (Å²) in [5.74, 6) is -0.243. The Bertz CT molecular complexity index is 1020. The van der Waals surface area contributed by atoms with Gasteiger partial charge in [0.1, 0.15) is 12.4 Å². The summed E-state index contributed by atoms with van der Waals surface area (Å²) < 4.78 is 28.7. The molecule has 2 saturated heterocycles. The highest BCUT2D eigenvalue weighted by atomic mass is 32.2. The van der Waals surface area contributed by atoms with E-state index in [1.807, 2.05) is 30.3 Å². The number of carbonyl (C=O) groups is 1. The lowest BCUT2D eigenvalue weighted by Gasteiger charge is -2.30. The van der Waals surface area contributed by atoms with Gasteiger partial charge in [-0.3, -0.25) is 15.0 Å². The number of urea groups is 1. The zero-order valence-corrected chi connectivity index (χ0v) is 16.7. The minimum absolute atomic E-state index is 0.109. The van der Waals surface area contributed by atoms with E-state index < -0.39 is 16.1 Å². The minimum atomic E-state index is -3.97. The number of hydrogen-bond acceptors (Lipinski definition) is 6. The first-order valence-electron chi connectivity index (χ1n) is 9.21. The van der Waals surface area contributed by atoms with Crippen LogP contribution in [-0.4, -0.2) is 58.4 Å². The molecule has 2 bridgehead atoms. The van der Waals surface area contributed by atoms with Gasteiger partial charge in [0.15, 0.2) is 5.03 Å². The van der Waals surface area contributed by atoms with Crippen LogP contribution in [0, 0.1) is 5.41 Å². The van der Waals surface area contributed by atoms with E-state index >= 15 is 0 Å². The molecule has 2 amide bonds. The SMILES string of the molecule is Cn1cnc(S(=O)(=O)NC(=N)[C@@H]2CC[C@@H]3CN2C(=O)N3OCc2ccccc2)c1. The summed E-state index contributed by atoms with van der Waals surface area (Å²) in [6, 6.07) is 8.43. The van der Waals surface area contributed by atoms with E-state index in [-0.39, 0.29) is 29.5 Å². The van der Waals surface area contributed by atoms with Gasteiger partial charge in [0.2, 0.25) is 0 Å². The fourth-order valence-corrected chi connectivity index (χ4v) is 4.63. The topological polar surface area (TPSA) is 121 Å². The van der Waals surface area contributed by atoms with Gasteiger partial charge in [-0.2, -0.15) is 13.5 Å². The molecule has 11 heteroatoms. The number of amides is 2. The van der Waals surface area contributed by atoms with E-state index in [1.54, 1.807) is 7.05 Å². The Morgan fingerprint density at radius 1 is 1.31 bits per heavy atom. The van der Waals surface area contributed by atoms with E-state index in [4.69, 9.17) is 10.2 Å². The molecule has 3 heterocycles. The Morgan fingerprint density at radius 3 is 2.76 bits per heavy atom. The molecule has 10 nitrogen and oxygen atoms in total. The van der Waals surface area contributed by atoms with Crippen molar-refractivity contribution in [3.8, 4) is 0 Å². The van der Waals surface area contributed by atoms with Crippen molar-refractivity contribution in [2.75, 3.05) is 6.54 Å². The maximum absolute atomic E-state index is 12.8. The molecule has 2 fully saturated rings. The lowest BCUT2D eigenvalue weighted by atomic mass is 10.0. The van der Waals surface area contributed by atoms with Crippen LogP contribution < -0.4 is 4.72 Å². The second kappa shape index (κ2) is 7.48. The highest BCUT2D eigenvalue weighted by Crippen LogP contribution is 2.30. The van der Waals surface area contributed by atoms with E-state index in [9.17, 15) is 13.2 Å². The maximum Gasteiger partial charge on any atom is 0.344 e. The van der Waals surface area contributed by atoms with Crippen LogP contribution in [-0.2, 0) is 28.5 Å². The van der Waals surface area contributed by atoms with E-state index in [0.717, 1.165) is 5.56 Å². The van der Waals surface area contributed by atoms with Gasteiger partial charge in [-0.1, -0.05) is 30.3 Å². The summed E-state index contributed by atoms with van der Waals surface area (Å²) in [5.41, 5.74) is 0.948. The number of hydroxylamine groups is 2. The number of nitrogens with zero attached hydrogens (tertiary/aromatic N) is 4. The highest BCUT2D eigenvalue weighted by molar-refractivity contribution is 7.90. The lowest BCUT2D eigenvalue weighted by molar-refractivity contribution is -0.140. The number of piperidine rings is 1. The molecule has 1 aromatic carbocycles. The molecule has 4 rings (SSSR count). The zero-order valence-electron chi connectivity index (χ0n) is 15.9. The molecule has 29 heavy (non-hydrogen) atoms. The first kappa shape index (κ1) is 19.4. The largest absolute Gasteiger partial charge is 0.344 e. The first-order valence-corrected chi connectivity index (χ1v) is 10.7. The molecule has 0 radical (unpaired) electrons. The number of carbonyl (C=O) groups excluding carboxylic acids is 1. The van der Waals surface area contributed by atoms with Crippen LogP contribution >= 0.6 is 0 Å². The van der Waals surface area contributed by atoms with E-state index in [0.29, 0.717) is 19.4 Å². The summed E-state index contributed by atoms with van der Waals surface area (Å²) in [5, 5.41) is 9.45. The summed E-state index contributed by atoms with van der Waals surface area (Å²) >= 11 is 0. The quantitative estimate of drug-likeness (QED) is 0.537. The number of sulfonamides is 1. The van der Waals surface area contributed by atoms with Crippen molar-refractivity contribution in [3.05, 3.63) is 48.4 Å². The molecular formula is C18H22N6O4S. The van der Waals surface area contributed by atoms with Gasteiger partial charge in [-0.25, -0.2) is 9.78 Å². The number of amidine groups is 1. The van der Waals surface area contributed by atoms with Crippen LogP contribution in [0.1, 0.15) is 18.4 Å². The molecule has 2 aliphatic heterocycles. The van der Waals surface area contributed by atoms with Crippen molar-refractivity contribution >= 4 is 21.9 Å². The molecule has 0 aliphatic carbocycles. The molecule has 0 spiro atoms. The third-order valence-corrected chi connectivity index (χ3v) is 6.32. The van der Waals surface area contributed by atoms with Crippen molar-refractivity contribution in [2.24, 2.45) is 7.05 Å². The molecular weight excluding hydrogens is 396 g/mol. The van der Waals surface area contributed by atoms with Gasteiger partial charge in [0, 0.05) is 19.8 Å². The number of hydrogen-bond donors (Lipinski definition) is 2. The van der Waals surface area contributed by atoms with Crippen LogP contribution in [0.25, 0.3) is 0 Å². The van der Waals surface area contributed by atoms with E-state index in [2.05, 4.69) is 9.71 Å². The van der Waals surface area contributed by atoms with E-state index in [1.165, 1.54) is 27.1 Å². The smallest absolute Gasteiger partial charge is 0.339 e. The number of imidazole rings is 1. The van der Waals surface area contributed by atoms with Gasteiger partial charge >= 0.3 is 6.03 Å². The van der Waals surface area contributed by atoms with Crippen molar-refractivity contribution < 1.29 is 18.0 Å². The summed E-state index contributed by atoms with van der Waals surface area (Å²) in [6.45, 7) is 0.664. The van der Waals surface area contributed by atoms with Crippen molar-refractivity contribution in [1.82, 2.24) is 24.2 Å². The fourth-order valence-electron chi connectivity index (χ4n) is 3.61. The maximum atomic E-state index is 12.8. The van der Waals surface area contributed by atoms with Gasteiger partial charge in [-0.15, -0.1) is 0 Å². The monoisotopic (exact) mass is 418 g/mol. The average Bonchev–Trinajstić information content (AvgIpc) is 3.24. The van der Waals surface area contributed by atoms with Gasteiger partial charge < -0.3 is 9.47 Å². The molecule has 154 valence electrons. The Labute approximate surface area is 168 Å². The number of fused-ring (bicyclic) bond motifs is 2. The van der Waals surface area contributed by atoms with Gasteiger partial charge in [-0.05, 0) is 18.4 Å². The average molecular weight is 418 g/mol. The zero-order chi connectivity index (χ0) is 20.6. The lowest BCUT2D eigenvalue weighted by Crippen LogP contribution is -2.50. The van der Waals surface area contributed by atoms with Crippen molar-refractivity contribution in [3.63, 3.8) is 0 Å². The number of benzene rings is 1. The Balaban J connectivity index is 1.42. The normalized spacial score (nSPS) is 21.5. The Morgan fingerprint density at radius 2 is 2.07 bits per heavy atom. The third-order valence-electron chi connectivity index (χ3n) is 5.07. The van der Waals surface area contributed by atoms with Crippen LogP contribution in [0.5, 0.6) is 0 Å². The molecule has 2 atom stereocenters. The molecule has 0 unspecified atom stereocenters. The number of aromatic nitrogens is 2. The fraction of sp³-hybridized carbons (Fsp3) is 0.389. The molecule has 2 aromatic rings. The standard InChI is InChI=1S/C18H22N6O4S/c1-22-10-16(20-12-22)29(26,27)21-17(19)15-8-7-14-9-23(15)18(25)24(14)28-11-13-5-3-2-4-6-13/h2-6,10,12,14-15H,7-9,11H2,1H3,(H2,19,21)/t14-,15+/m1/s1. The molecule has 1 aromatic heterocycles. The Kier molecular flexibility index (Phi) is 5.01. The van der Waals surface area contributed by atoms with Crippen molar-refractivity contribution in [2.45, 2.75) is 36.6 Å². The van der Waals surface area contributed by atoms with Gasteiger partial charge in [0.25, 0.3) is 10.0 Å². The molecule has 2 N–H and O–H groups in total. The first-order chi connectivity index (χ1) is 13.8. The highest BCUT2D eigenvalue weighted by Gasteiger charge is 2.47. The second-order valence-electron chi connectivity index (χ2n) is 7.16. The summed E-state index contributed by atoms with van der Waals surface area (Å²) in [7, 11) is -2.31. The van der Waals surface area contributed by atoms with Crippen LogP contribution in [0.15, 0.2) is 47.9 Å². The third kappa shape index (κ3) is 3.83. The number of aryl methyl sites for hydroxylation is 1. The minimum Gasteiger partial charge on any atom is -0.339 e. The molecule has 2 aliphatic rings. The van der Waals surface area contributed by atoms with Crippen LogP contribution in [0.3, 0.4) is 0 Å².